The lowest BCUT2D eigenvalue weighted by Gasteiger charge is -2.19. The van der Waals surface area contributed by atoms with Crippen molar-refractivity contribution in [3.63, 3.8) is 0 Å². The average molecular weight is 248 g/mol. The molecular formula is C7H12F4N2OS. The van der Waals surface area contributed by atoms with E-state index in [1.165, 1.54) is 24.3 Å². The van der Waals surface area contributed by atoms with Crippen LogP contribution in [0, 0.1) is 0 Å². The molecule has 1 saturated heterocycles. The second-order valence-electron chi connectivity index (χ2n) is 2.82. The van der Waals surface area contributed by atoms with Gasteiger partial charge in [-0.15, -0.1) is 0 Å². The van der Waals surface area contributed by atoms with E-state index in [2.05, 4.69) is 5.43 Å². The quantitative estimate of drug-likeness (QED) is 0.319. The number of nitrogens with one attached hydrogen (secondary N) is 1. The maximum Gasteiger partial charge on any atom is 0.483 e. The predicted molar refractivity (Wildman–Crippen MR) is 49.8 cm³/mol. The Morgan fingerprint density at radius 3 is 1.93 bits per heavy atom. The monoisotopic (exact) mass is 248 g/mol. The van der Waals surface area contributed by atoms with Crippen LogP contribution in [0.1, 0.15) is 12.8 Å². The molecule has 0 radical (unpaired) electrons. The smallest absolute Gasteiger partial charge is 0.271 e. The highest BCUT2D eigenvalue weighted by atomic mass is 32.2. The van der Waals surface area contributed by atoms with Crippen LogP contribution in [0.2, 0.25) is 0 Å². The maximum absolute atomic E-state index is 10.5. The number of hydrazine groups is 1. The fraction of sp³-hybridized carbons (Fsp3) is 0.857. The normalized spacial score (nSPS) is 17.9. The molecule has 0 bridgehead atoms. The molecule has 0 aromatic rings. The van der Waals surface area contributed by atoms with Crippen LogP contribution in [0.5, 0.6) is 0 Å². The van der Waals surface area contributed by atoms with Crippen LogP contribution in [0.25, 0.3) is 0 Å². The third kappa shape index (κ3) is 7.57. The molecule has 1 aliphatic heterocycles. The summed E-state index contributed by atoms with van der Waals surface area (Å²) in [7, 11) is 0. The molecule has 0 amide bonds. The van der Waals surface area contributed by atoms with Gasteiger partial charge in [0, 0.05) is 6.04 Å². The summed E-state index contributed by atoms with van der Waals surface area (Å²) in [5.74, 6) is 7.79. The topological polar surface area (TPSA) is 55.1 Å². The largest absolute Gasteiger partial charge is 0.483 e. The molecule has 0 aliphatic carbocycles. The van der Waals surface area contributed by atoms with Crippen LogP contribution < -0.4 is 11.3 Å². The molecule has 1 heterocycles. The molecule has 3 N–H and O–H groups in total. The number of thioether (sulfide) groups is 1. The Morgan fingerprint density at radius 1 is 1.33 bits per heavy atom. The Morgan fingerprint density at radius 2 is 1.73 bits per heavy atom. The van der Waals surface area contributed by atoms with Gasteiger partial charge >= 0.3 is 12.2 Å². The van der Waals surface area contributed by atoms with E-state index >= 15 is 0 Å². The molecule has 0 saturated carbocycles. The van der Waals surface area contributed by atoms with Gasteiger partial charge in [-0.25, -0.2) is 0 Å². The molecule has 15 heavy (non-hydrogen) atoms. The zero-order chi connectivity index (χ0) is 11.9. The van der Waals surface area contributed by atoms with E-state index in [1.54, 1.807) is 0 Å². The molecule has 1 aliphatic rings. The molecule has 0 unspecified atom stereocenters. The second-order valence-corrected chi connectivity index (χ2v) is 4.05. The van der Waals surface area contributed by atoms with E-state index in [0.717, 1.165) is 0 Å². The molecule has 0 aromatic heterocycles. The zero-order valence-corrected chi connectivity index (χ0v) is 8.63. The third-order valence-electron chi connectivity index (χ3n) is 1.68. The molecule has 1 rings (SSSR count). The van der Waals surface area contributed by atoms with E-state index in [9.17, 15) is 17.6 Å². The van der Waals surface area contributed by atoms with Crippen molar-refractivity contribution < 1.29 is 22.4 Å². The van der Waals surface area contributed by atoms with Crippen molar-refractivity contribution in [3.8, 4) is 0 Å². The number of hydrogen-bond acceptors (Lipinski definition) is 4. The first-order valence-electron chi connectivity index (χ1n) is 4.18. The van der Waals surface area contributed by atoms with Gasteiger partial charge in [-0.1, -0.05) is 0 Å². The van der Waals surface area contributed by atoms with Crippen LogP contribution in [0.3, 0.4) is 0 Å². The van der Waals surface area contributed by atoms with Gasteiger partial charge < -0.3 is 0 Å². The van der Waals surface area contributed by atoms with Gasteiger partial charge in [0.25, 0.3) is 0 Å². The average Bonchev–Trinajstić information content (AvgIpc) is 2.18. The van der Waals surface area contributed by atoms with Gasteiger partial charge in [0.2, 0.25) is 0 Å². The van der Waals surface area contributed by atoms with Crippen LogP contribution in [0.15, 0.2) is 0 Å². The number of rotatable bonds is 1. The Kier molecular flexibility index (Phi) is 6.86. The lowest BCUT2D eigenvalue weighted by molar-refractivity contribution is -0.183. The zero-order valence-electron chi connectivity index (χ0n) is 7.81. The number of halogens is 4. The molecule has 3 nitrogen and oxygen atoms in total. The SMILES string of the molecule is NNC1CCSCC1.O=C(F)C(F)(F)F. The first-order valence-corrected chi connectivity index (χ1v) is 5.34. The van der Waals surface area contributed by atoms with Crippen molar-refractivity contribution in [1.29, 1.82) is 0 Å². The van der Waals surface area contributed by atoms with Gasteiger partial charge in [-0.3, -0.25) is 16.1 Å². The van der Waals surface area contributed by atoms with E-state index in [-0.39, 0.29) is 0 Å². The summed E-state index contributed by atoms with van der Waals surface area (Å²) in [6.45, 7) is 0. The highest BCUT2D eigenvalue weighted by molar-refractivity contribution is 7.99. The van der Waals surface area contributed by atoms with Crippen LogP contribution in [0.4, 0.5) is 17.6 Å². The molecule has 8 heteroatoms. The fourth-order valence-corrected chi connectivity index (χ4v) is 1.97. The third-order valence-corrected chi connectivity index (χ3v) is 2.73. The van der Waals surface area contributed by atoms with Crippen molar-refractivity contribution in [2.24, 2.45) is 5.84 Å². The number of nitrogens with two attached hydrogens (primary N) is 1. The minimum absolute atomic E-state index is 0.594. The summed E-state index contributed by atoms with van der Waals surface area (Å²) in [5, 5.41) is 0. The molecule has 0 spiro atoms. The van der Waals surface area contributed by atoms with Crippen molar-refractivity contribution in [2.75, 3.05) is 11.5 Å². The van der Waals surface area contributed by atoms with Crippen LogP contribution in [-0.4, -0.2) is 29.8 Å². The summed E-state index contributed by atoms with van der Waals surface area (Å²) < 4.78 is 41.8. The Balaban J connectivity index is 0.000000265. The van der Waals surface area contributed by atoms with E-state index < -0.39 is 12.2 Å². The standard InChI is InChI=1S/C5H12N2S.C2F4O/c6-7-5-1-3-8-4-2-5;3-1(7)2(4,5)6/h5,7H,1-4,6H2;. The molecule has 0 atom stereocenters. The highest BCUT2D eigenvalue weighted by Crippen LogP contribution is 2.16. The van der Waals surface area contributed by atoms with Crippen LogP contribution >= 0.6 is 11.8 Å². The van der Waals surface area contributed by atoms with Crippen molar-refractivity contribution in [3.05, 3.63) is 0 Å². The highest BCUT2D eigenvalue weighted by Gasteiger charge is 2.38. The van der Waals surface area contributed by atoms with Crippen molar-refractivity contribution in [1.82, 2.24) is 5.43 Å². The minimum atomic E-state index is -5.31. The summed E-state index contributed by atoms with van der Waals surface area (Å²) in [6, 6.07) is -2.66. The van der Waals surface area contributed by atoms with Gasteiger partial charge in [0.15, 0.2) is 0 Å². The Bertz CT molecular complexity index is 194. The second kappa shape index (κ2) is 7.02. The van der Waals surface area contributed by atoms with E-state index in [0.29, 0.717) is 6.04 Å². The van der Waals surface area contributed by atoms with Crippen LogP contribution in [-0.2, 0) is 4.79 Å². The number of hydrogen-bond donors (Lipinski definition) is 2. The van der Waals surface area contributed by atoms with Gasteiger partial charge in [0.1, 0.15) is 0 Å². The lowest BCUT2D eigenvalue weighted by atomic mass is 10.2. The molecular weight excluding hydrogens is 236 g/mol. The fourth-order valence-electron chi connectivity index (χ4n) is 0.864. The predicted octanol–water partition coefficient (Wildman–Crippen LogP) is 1.39. The molecule has 1 fully saturated rings. The van der Waals surface area contributed by atoms with Crippen molar-refractivity contribution >= 4 is 17.8 Å². The summed E-state index contributed by atoms with van der Waals surface area (Å²) in [4.78, 5) is 8.67. The lowest BCUT2D eigenvalue weighted by Crippen LogP contribution is -2.37. The molecule has 90 valence electrons. The Labute approximate surface area is 88.7 Å². The van der Waals surface area contributed by atoms with E-state index in [1.807, 2.05) is 11.8 Å². The Hall–Kier alpha value is -0.340. The van der Waals surface area contributed by atoms with Gasteiger partial charge in [-0.2, -0.15) is 29.3 Å². The summed E-state index contributed by atoms with van der Waals surface area (Å²) >= 11 is 2.02. The van der Waals surface area contributed by atoms with Gasteiger partial charge in [0.05, 0.1) is 0 Å². The van der Waals surface area contributed by atoms with Crippen molar-refractivity contribution in [2.45, 2.75) is 25.1 Å². The summed E-state index contributed by atoms with van der Waals surface area (Å²) in [6.07, 6.45) is -2.83. The number of carbonyl (C=O) groups is 1. The maximum atomic E-state index is 10.5. The first kappa shape index (κ1) is 14.7. The number of alkyl halides is 3. The molecule has 0 aromatic carbocycles. The van der Waals surface area contributed by atoms with Gasteiger partial charge in [-0.05, 0) is 24.3 Å². The summed E-state index contributed by atoms with van der Waals surface area (Å²) in [5.41, 5.74) is 2.79. The first-order chi connectivity index (χ1) is 6.88. The van der Waals surface area contributed by atoms with E-state index in [4.69, 9.17) is 10.6 Å². The minimum Gasteiger partial charge on any atom is -0.271 e. The number of carbonyl (C=O) groups excluding carboxylic acids is 1.